The van der Waals surface area contributed by atoms with Gasteiger partial charge in [-0.3, -0.25) is 14.7 Å². The smallest absolute Gasteiger partial charge is 0.433 e. The van der Waals surface area contributed by atoms with Crippen LogP contribution in [0.4, 0.5) is 13.2 Å². The molecule has 2 fully saturated rings. The number of pyridine rings is 1. The van der Waals surface area contributed by atoms with Gasteiger partial charge in [-0.1, -0.05) is 6.07 Å². The van der Waals surface area contributed by atoms with Crippen LogP contribution in [0.25, 0.3) is 0 Å². The van der Waals surface area contributed by atoms with Crippen molar-refractivity contribution >= 4 is 5.91 Å². The number of benzene rings is 1. The second-order valence-electron chi connectivity index (χ2n) is 9.13. The maximum Gasteiger partial charge on any atom is 0.433 e. The van der Waals surface area contributed by atoms with E-state index in [2.05, 4.69) is 29.8 Å². The third-order valence-corrected chi connectivity index (χ3v) is 7.13. The van der Waals surface area contributed by atoms with Crippen LogP contribution in [-0.2, 0) is 6.18 Å². The van der Waals surface area contributed by atoms with Gasteiger partial charge in [-0.25, -0.2) is 0 Å². The summed E-state index contributed by atoms with van der Waals surface area (Å²) in [5.41, 5.74) is 2.65. The molecule has 2 aliphatic rings. The molecule has 0 spiro atoms. The topological polar surface area (TPSA) is 65.9 Å². The minimum absolute atomic E-state index is 0.0322. The highest BCUT2D eigenvalue weighted by Gasteiger charge is 2.47. The third kappa shape index (κ3) is 4.63. The molecule has 2 saturated heterocycles. The maximum absolute atomic E-state index is 12.9. The van der Waals surface area contributed by atoms with E-state index in [1.807, 2.05) is 13.0 Å². The van der Waals surface area contributed by atoms with Crippen LogP contribution in [0.3, 0.4) is 0 Å². The van der Waals surface area contributed by atoms with E-state index < -0.39 is 11.9 Å². The number of hydrogen-bond donors (Lipinski definition) is 1. The van der Waals surface area contributed by atoms with Gasteiger partial charge in [0.25, 0.3) is 5.91 Å². The summed E-state index contributed by atoms with van der Waals surface area (Å²) in [6.07, 6.45) is -2.06. The van der Waals surface area contributed by atoms with E-state index in [0.29, 0.717) is 19.6 Å². The molecule has 2 aliphatic heterocycles. The van der Waals surface area contributed by atoms with Crippen molar-refractivity contribution in [2.45, 2.75) is 57.9 Å². The van der Waals surface area contributed by atoms with Crippen molar-refractivity contribution in [3.05, 3.63) is 58.4 Å². The quantitative estimate of drug-likeness (QED) is 0.608. The van der Waals surface area contributed by atoms with Crippen molar-refractivity contribution in [1.82, 2.24) is 14.8 Å². The van der Waals surface area contributed by atoms with E-state index in [1.165, 1.54) is 17.2 Å². The Morgan fingerprint density at radius 2 is 1.94 bits per heavy atom. The van der Waals surface area contributed by atoms with E-state index in [1.54, 1.807) is 4.90 Å². The van der Waals surface area contributed by atoms with Crippen molar-refractivity contribution < 1.29 is 27.8 Å². The van der Waals surface area contributed by atoms with E-state index in [4.69, 9.17) is 9.84 Å². The lowest BCUT2D eigenvalue weighted by molar-refractivity contribution is -0.141. The molecule has 2 bridgehead atoms. The number of carbonyl (C=O) groups is 1. The first-order valence-corrected chi connectivity index (χ1v) is 11.6. The largest absolute Gasteiger partial charge is 0.493 e. The van der Waals surface area contributed by atoms with Gasteiger partial charge in [0.05, 0.1) is 12.2 Å². The molecule has 34 heavy (non-hydrogen) atoms. The highest BCUT2D eigenvalue weighted by Crippen LogP contribution is 2.39. The van der Waals surface area contributed by atoms with Crippen LogP contribution in [0.5, 0.6) is 5.75 Å². The number of likely N-dealkylation sites (tertiary alicyclic amines) is 2. The Labute approximate surface area is 197 Å². The average molecular weight is 478 g/mol. The molecule has 1 aromatic carbocycles. The molecule has 3 heterocycles. The lowest BCUT2D eigenvalue weighted by Gasteiger charge is -2.38. The minimum Gasteiger partial charge on any atom is -0.493 e. The zero-order valence-electron chi connectivity index (χ0n) is 19.6. The minimum atomic E-state index is -4.52. The predicted octanol–water partition coefficient (Wildman–Crippen LogP) is 4.14. The summed E-state index contributed by atoms with van der Waals surface area (Å²) in [4.78, 5) is 20.6. The number of aromatic nitrogens is 1. The number of rotatable bonds is 7. The van der Waals surface area contributed by atoms with Gasteiger partial charge < -0.3 is 14.7 Å². The summed E-state index contributed by atoms with van der Waals surface area (Å²) in [5.74, 6) is 0.559. The van der Waals surface area contributed by atoms with Gasteiger partial charge in [0.1, 0.15) is 11.4 Å². The summed E-state index contributed by atoms with van der Waals surface area (Å²) in [6, 6.07) is 6.53. The number of hydrogen-bond acceptors (Lipinski definition) is 5. The molecule has 184 valence electrons. The Hall–Kier alpha value is -2.65. The molecule has 1 aromatic heterocycles. The zero-order valence-corrected chi connectivity index (χ0v) is 19.6. The van der Waals surface area contributed by atoms with E-state index >= 15 is 0 Å². The van der Waals surface area contributed by atoms with Crippen molar-refractivity contribution in [3.8, 4) is 5.75 Å². The number of halogens is 3. The van der Waals surface area contributed by atoms with Crippen LogP contribution in [0.15, 0.2) is 30.5 Å². The molecule has 4 rings (SSSR count). The molecule has 0 radical (unpaired) electrons. The average Bonchev–Trinajstić information content (AvgIpc) is 3.42. The number of alkyl halides is 3. The summed E-state index contributed by atoms with van der Waals surface area (Å²) in [6.45, 7) is 8.13. The van der Waals surface area contributed by atoms with Crippen LogP contribution < -0.4 is 4.74 Å². The molecule has 3 atom stereocenters. The van der Waals surface area contributed by atoms with Gasteiger partial charge in [-0.2, -0.15) is 13.2 Å². The lowest BCUT2D eigenvalue weighted by Crippen LogP contribution is -2.49. The monoisotopic (exact) mass is 477 g/mol. The van der Waals surface area contributed by atoms with E-state index in [0.717, 1.165) is 36.5 Å². The Balaban J connectivity index is 1.42. The predicted molar refractivity (Wildman–Crippen MR) is 121 cm³/mol. The Morgan fingerprint density at radius 3 is 2.53 bits per heavy atom. The molecular weight excluding hydrogens is 447 g/mol. The van der Waals surface area contributed by atoms with Crippen LogP contribution in [-0.4, -0.2) is 64.2 Å². The SMILES string of the molecule is Cc1c(OCCCO)ccc([C@H](C)N2C[C@@H]3C[C@H]2CN3C(=O)c2ccc(C(F)(F)F)nc2)c1C. The Kier molecular flexibility index (Phi) is 6.87. The standard InChI is InChI=1S/C25H30F3N3O3/c1-15-16(2)22(34-10-4-9-32)7-6-21(15)17(3)30-13-20-11-19(30)14-31(20)24(33)18-5-8-23(29-12-18)25(26,27)28/h5-8,12,17,19-20,32H,4,9-11,13-14H2,1-3H3/t17-,19-,20-/m0/s1. The van der Waals surface area contributed by atoms with Crippen molar-refractivity contribution in [2.75, 3.05) is 26.3 Å². The number of amides is 1. The van der Waals surface area contributed by atoms with Crippen molar-refractivity contribution in [2.24, 2.45) is 0 Å². The highest BCUT2D eigenvalue weighted by atomic mass is 19.4. The first-order chi connectivity index (χ1) is 16.1. The molecule has 6 nitrogen and oxygen atoms in total. The summed E-state index contributed by atoms with van der Waals surface area (Å²) >= 11 is 0. The van der Waals surface area contributed by atoms with Gasteiger partial charge >= 0.3 is 6.18 Å². The number of aliphatic hydroxyl groups excluding tert-OH is 1. The number of nitrogens with zero attached hydrogens (tertiary/aromatic N) is 3. The molecule has 0 saturated carbocycles. The molecule has 0 aliphatic carbocycles. The van der Waals surface area contributed by atoms with E-state index in [9.17, 15) is 18.0 Å². The first kappa shape index (κ1) is 24.5. The molecule has 1 amide bonds. The second-order valence-corrected chi connectivity index (χ2v) is 9.13. The summed E-state index contributed by atoms with van der Waals surface area (Å²) < 4.78 is 44.1. The number of carbonyl (C=O) groups excluding carboxylic acids is 1. The third-order valence-electron chi connectivity index (χ3n) is 7.13. The molecule has 9 heteroatoms. The number of piperazine rings is 1. The number of aliphatic hydroxyl groups is 1. The van der Waals surface area contributed by atoms with Gasteiger partial charge in [-0.15, -0.1) is 0 Å². The van der Waals surface area contributed by atoms with E-state index in [-0.39, 0.29) is 36.2 Å². The normalized spacial score (nSPS) is 21.2. The van der Waals surface area contributed by atoms with Crippen molar-refractivity contribution in [3.63, 3.8) is 0 Å². The van der Waals surface area contributed by atoms with Crippen LogP contribution in [0, 0.1) is 13.8 Å². The molecule has 1 N–H and O–H groups in total. The molecule has 0 unspecified atom stereocenters. The Bertz CT molecular complexity index is 1040. The fraction of sp³-hybridized carbons (Fsp3) is 0.520. The molecular formula is C25H30F3N3O3. The summed E-state index contributed by atoms with van der Waals surface area (Å²) in [7, 11) is 0. The van der Waals surface area contributed by atoms with Gasteiger partial charge in [-0.05, 0) is 62.1 Å². The lowest BCUT2D eigenvalue weighted by atomic mass is 9.96. The van der Waals surface area contributed by atoms with Gasteiger partial charge in [0, 0.05) is 50.4 Å². The Morgan fingerprint density at radius 1 is 1.18 bits per heavy atom. The van der Waals surface area contributed by atoms with Gasteiger partial charge in [0.2, 0.25) is 0 Å². The van der Waals surface area contributed by atoms with Crippen LogP contribution in [0.1, 0.15) is 58.5 Å². The highest BCUT2D eigenvalue weighted by molar-refractivity contribution is 5.94. The first-order valence-electron chi connectivity index (χ1n) is 11.6. The number of ether oxygens (including phenoxy) is 1. The van der Waals surface area contributed by atoms with Gasteiger partial charge in [0.15, 0.2) is 0 Å². The molecule has 2 aromatic rings. The second kappa shape index (κ2) is 9.54. The fourth-order valence-corrected chi connectivity index (χ4v) is 5.13. The van der Waals surface area contributed by atoms with Crippen molar-refractivity contribution in [1.29, 1.82) is 0 Å². The number of fused-ring (bicyclic) bond motifs is 2. The van der Waals surface area contributed by atoms with Crippen LogP contribution in [0.2, 0.25) is 0 Å². The van der Waals surface area contributed by atoms with Crippen LogP contribution >= 0.6 is 0 Å². The fourth-order valence-electron chi connectivity index (χ4n) is 5.13. The maximum atomic E-state index is 12.9. The zero-order chi connectivity index (χ0) is 24.6. The summed E-state index contributed by atoms with van der Waals surface area (Å²) in [5, 5.41) is 8.96.